The van der Waals surface area contributed by atoms with E-state index in [-0.39, 0.29) is 11.1 Å². The molecular weight excluding hydrogens is 214 g/mol. The first kappa shape index (κ1) is 12.1. The second kappa shape index (κ2) is 4.51. The second-order valence-electron chi connectivity index (χ2n) is 5.18. The first-order valence-corrected chi connectivity index (χ1v) is 6.46. The molecule has 0 bridgehead atoms. The van der Waals surface area contributed by atoms with Gasteiger partial charge in [0.25, 0.3) is 5.56 Å². The van der Waals surface area contributed by atoms with Gasteiger partial charge in [-0.1, -0.05) is 13.8 Å². The lowest BCUT2D eigenvalue weighted by atomic mass is 9.96. The zero-order valence-corrected chi connectivity index (χ0v) is 10.8. The van der Waals surface area contributed by atoms with Crippen molar-refractivity contribution in [3.05, 3.63) is 22.2 Å². The van der Waals surface area contributed by atoms with Gasteiger partial charge in [0.2, 0.25) is 0 Å². The quantitative estimate of drug-likeness (QED) is 0.825. The summed E-state index contributed by atoms with van der Waals surface area (Å²) in [5.41, 5.74) is -0.0410. The van der Waals surface area contributed by atoms with Gasteiger partial charge in [-0.2, -0.15) is 0 Å². The number of aromatic nitrogens is 2. The van der Waals surface area contributed by atoms with Crippen molar-refractivity contribution in [1.82, 2.24) is 9.97 Å². The van der Waals surface area contributed by atoms with Gasteiger partial charge in [-0.15, -0.1) is 0 Å². The molecule has 0 amide bonds. The Balaban J connectivity index is 2.23. The normalized spacial score (nSPS) is 15.9. The second-order valence-corrected chi connectivity index (χ2v) is 5.18. The maximum Gasteiger partial charge on any atom is 0.252 e. The van der Waals surface area contributed by atoms with Crippen molar-refractivity contribution in [3.63, 3.8) is 0 Å². The Morgan fingerprint density at radius 2 is 2.12 bits per heavy atom. The average Bonchev–Trinajstić information content (AvgIpc) is 3.12. The van der Waals surface area contributed by atoms with E-state index in [2.05, 4.69) is 36.1 Å². The lowest BCUT2D eigenvalue weighted by Crippen LogP contribution is -2.34. The van der Waals surface area contributed by atoms with Gasteiger partial charge in [-0.05, 0) is 32.6 Å². The number of nitrogens with one attached hydrogen (secondary N) is 2. The number of rotatable bonds is 5. The molecule has 0 aromatic carbocycles. The third kappa shape index (κ3) is 2.87. The van der Waals surface area contributed by atoms with Crippen molar-refractivity contribution in [3.8, 4) is 0 Å². The molecule has 1 aliphatic carbocycles. The predicted molar refractivity (Wildman–Crippen MR) is 69.4 cm³/mol. The molecule has 17 heavy (non-hydrogen) atoms. The molecule has 2 N–H and O–H groups in total. The summed E-state index contributed by atoms with van der Waals surface area (Å²) >= 11 is 0. The Bertz CT molecular complexity index is 444. The molecular formula is C13H21N3O. The van der Waals surface area contributed by atoms with Gasteiger partial charge in [0, 0.05) is 17.5 Å². The van der Waals surface area contributed by atoms with Crippen molar-refractivity contribution in [2.45, 2.75) is 57.9 Å². The molecule has 0 atom stereocenters. The summed E-state index contributed by atoms with van der Waals surface area (Å²) in [6, 6.07) is 1.55. The SMILES string of the molecule is CCC(C)(CC)Nc1cc(=O)[nH]c(C2CC2)n1. The zero-order valence-electron chi connectivity index (χ0n) is 10.8. The van der Waals surface area contributed by atoms with Crippen LogP contribution in [-0.4, -0.2) is 15.5 Å². The van der Waals surface area contributed by atoms with Gasteiger partial charge < -0.3 is 10.3 Å². The Labute approximate surface area is 102 Å². The van der Waals surface area contributed by atoms with Crippen LogP contribution in [0.25, 0.3) is 0 Å². The molecule has 4 heteroatoms. The van der Waals surface area contributed by atoms with Crippen LogP contribution in [0.2, 0.25) is 0 Å². The van der Waals surface area contributed by atoms with Gasteiger partial charge in [-0.3, -0.25) is 4.79 Å². The summed E-state index contributed by atoms with van der Waals surface area (Å²) < 4.78 is 0. The number of hydrogen-bond donors (Lipinski definition) is 2. The third-order valence-corrected chi connectivity index (χ3v) is 3.71. The molecule has 1 saturated carbocycles. The van der Waals surface area contributed by atoms with Crippen LogP contribution < -0.4 is 10.9 Å². The highest BCUT2D eigenvalue weighted by Gasteiger charge is 2.27. The molecule has 0 aliphatic heterocycles. The molecule has 0 radical (unpaired) electrons. The van der Waals surface area contributed by atoms with E-state index in [1.165, 1.54) is 0 Å². The highest BCUT2D eigenvalue weighted by Crippen LogP contribution is 2.37. The van der Waals surface area contributed by atoms with E-state index in [0.717, 1.165) is 31.5 Å². The van der Waals surface area contributed by atoms with E-state index < -0.39 is 0 Å². The van der Waals surface area contributed by atoms with Crippen molar-refractivity contribution in [2.24, 2.45) is 0 Å². The van der Waals surface area contributed by atoms with Gasteiger partial charge in [-0.25, -0.2) is 4.98 Å². The minimum absolute atomic E-state index is 0.0155. The van der Waals surface area contributed by atoms with Crippen LogP contribution in [-0.2, 0) is 0 Å². The maximum absolute atomic E-state index is 11.6. The van der Waals surface area contributed by atoms with Gasteiger partial charge in [0.1, 0.15) is 11.6 Å². The van der Waals surface area contributed by atoms with Gasteiger partial charge >= 0.3 is 0 Å². The molecule has 0 unspecified atom stereocenters. The van der Waals surface area contributed by atoms with Crippen molar-refractivity contribution in [1.29, 1.82) is 0 Å². The largest absolute Gasteiger partial charge is 0.365 e. The molecule has 4 nitrogen and oxygen atoms in total. The van der Waals surface area contributed by atoms with E-state index in [9.17, 15) is 4.79 Å². The number of hydrogen-bond acceptors (Lipinski definition) is 3. The first-order valence-electron chi connectivity index (χ1n) is 6.46. The van der Waals surface area contributed by atoms with Crippen molar-refractivity contribution < 1.29 is 0 Å². The molecule has 1 heterocycles. The van der Waals surface area contributed by atoms with Gasteiger partial charge in [0.15, 0.2) is 0 Å². The summed E-state index contributed by atoms with van der Waals surface area (Å²) in [5.74, 6) is 2.02. The molecule has 1 aromatic rings. The van der Waals surface area contributed by atoms with Crippen LogP contribution in [0.4, 0.5) is 5.82 Å². The van der Waals surface area contributed by atoms with Crippen LogP contribution in [0, 0.1) is 0 Å². The van der Waals surface area contributed by atoms with E-state index in [1.807, 2.05) is 0 Å². The lowest BCUT2D eigenvalue weighted by molar-refractivity contribution is 0.476. The fraction of sp³-hybridized carbons (Fsp3) is 0.692. The van der Waals surface area contributed by atoms with Crippen molar-refractivity contribution in [2.75, 3.05) is 5.32 Å². The highest BCUT2D eigenvalue weighted by atomic mass is 16.1. The zero-order chi connectivity index (χ0) is 12.5. The monoisotopic (exact) mass is 235 g/mol. The molecule has 0 saturated heterocycles. The fourth-order valence-electron chi connectivity index (χ4n) is 1.83. The Morgan fingerprint density at radius 3 is 2.65 bits per heavy atom. The predicted octanol–water partition coefficient (Wildman–Crippen LogP) is 2.64. The van der Waals surface area contributed by atoms with Crippen LogP contribution in [0.5, 0.6) is 0 Å². The number of H-pyrrole nitrogens is 1. The van der Waals surface area contributed by atoms with Crippen LogP contribution in [0.15, 0.2) is 10.9 Å². The molecule has 2 rings (SSSR count). The number of nitrogens with zero attached hydrogens (tertiary/aromatic N) is 1. The topological polar surface area (TPSA) is 57.8 Å². The van der Waals surface area contributed by atoms with Crippen LogP contribution in [0.1, 0.15) is 58.2 Å². The summed E-state index contributed by atoms with van der Waals surface area (Å²) in [6.45, 7) is 6.45. The maximum atomic E-state index is 11.6. The standard InChI is InChI=1S/C13H21N3O/c1-4-13(3,5-2)16-10-8-11(17)15-12(14-10)9-6-7-9/h8-9H,4-7H2,1-3H3,(H2,14,15,16,17). The van der Waals surface area contributed by atoms with Crippen LogP contribution in [0.3, 0.4) is 0 Å². The Morgan fingerprint density at radius 1 is 1.47 bits per heavy atom. The Hall–Kier alpha value is -1.32. The summed E-state index contributed by atoms with van der Waals surface area (Å²) in [7, 11) is 0. The molecule has 0 spiro atoms. The molecule has 1 aromatic heterocycles. The Kier molecular flexibility index (Phi) is 3.22. The molecule has 1 fully saturated rings. The van der Waals surface area contributed by atoms with Crippen molar-refractivity contribution >= 4 is 5.82 Å². The number of aromatic amines is 1. The lowest BCUT2D eigenvalue weighted by Gasteiger charge is -2.28. The van der Waals surface area contributed by atoms with E-state index in [0.29, 0.717) is 11.7 Å². The minimum atomic E-state index is -0.0565. The summed E-state index contributed by atoms with van der Waals surface area (Å²) in [6.07, 6.45) is 4.31. The minimum Gasteiger partial charge on any atom is -0.365 e. The van der Waals surface area contributed by atoms with Crippen LogP contribution >= 0.6 is 0 Å². The summed E-state index contributed by atoms with van der Waals surface area (Å²) in [4.78, 5) is 18.9. The number of anilines is 1. The van der Waals surface area contributed by atoms with Gasteiger partial charge in [0.05, 0.1) is 0 Å². The van der Waals surface area contributed by atoms with E-state index in [1.54, 1.807) is 6.07 Å². The molecule has 94 valence electrons. The highest BCUT2D eigenvalue weighted by molar-refractivity contribution is 5.37. The first-order chi connectivity index (χ1) is 8.06. The average molecular weight is 235 g/mol. The smallest absolute Gasteiger partial charge is 0.252 e. The third-order valence-electron chi connectivity index (χ3n) is 3.71. The fourth-order valence-corrected chi connectivity index (χ4v) is 1.83. The van der Waals surface area contributed by atoms with E-state index >= 15 is 0 Å². The molecule has 1 aliphatic rings. The van der Waals surface area contributed by atoms with E-state index in [4.69, 9.17) is 0 Å². The summed E-state index contributed by atoms with van der Waals surface area (Å²) in [5, 5.41) is 3.39.